The van der Waals surface area contributed by atoms with Crippen LogP contribution < -0.4 is 0 Å². The standard InChI is InChI=1S/C20H32N2.C3H8/c1-6-10-17-12-11-16(7-2)20-19(17)18(15(5)21-20)13-14-22(8-3)9-4;1-3-2/h11-12,21H,6-10,13-14H2,1-5H3;3H2,1-2H3. The van der Waals surface area contributed by atoms with E-state index in [4.69, 9.17) is 0 Å². The van der Waals surface area contributed by atoms with Crippen molar-refractivity contribution in [3.63, 3.8) is 0 Å². The third kappa shape index (κ3) is 5.60. The lowest BCUT2D eigenvalue weighted by atomic mass is 9.96. The number of fused-ring (bicyclic) bond motifs is 1. The Balaban J connectivity index is 0.000000970. The van der Waals surface area contributed by atoms with E-state index in [9.17, 15) is 0 Å². The van der Waals surface area contributed by atoms with Crippen molar-refractivity contribution < 1.29 is 0 Å². The minimum atomic E-state index is 1.10. The maximum absolute atomic E-state index is 3.69. The van der Waals surface area contributed by atoms with Gasteiger partial charge < -0.3 is 9.88 Å². The van der Waals surface area contributed by atoms with Gasteiger partial charge in [-0.3, -0.25) is 0 Å². The molecule has 0 aliphatic heterocycles. The van der Waals surface area contributed by atoms with Crippen molar-refractivity contribution in [2.45, 2.75) is 80.6 Å². The molecule has 0 fully saturated rings. The van der Waals surface area contributed by atoms with Gasteiger partial charge in [0, 0.05) is 23.1 Å². The maximum atomic E-state index is 3.69. The van der Waals surface area contributed by atoms with Crippen LogP contribution in [0.2, 0.25) is 0 Å². The molecule has 0 unspecified atom stereocenters. The summed E-state index contributed by atoms with van der Waals surface area (Å²) in [5.41, 5.74) is 7.27. The minimum Gasteiger partial charge on any atom is -0.358 e. The number of nitrogens with one attached hydrogen (secondary N) is 1. The van der Waals surface area contributed by atoms with Gasteiger partial charge in [-0.05, 0) is 56.0 Å². The van der Waals surface area contributed by atoms with E-state index in [-0.39, 0.29) is 0 Å². The molecule has 0 aliphatic carbocycles. The van der Waals surface area contributed by atoms with Crippen LogP contribution in [0.15, 0.2) is 12.1 Å². The highest BCUT2D eigenvalue weighted by atomic mass is 15.1. The van der Waals surface area contributed by atoms with Crippen LogP contribution in [-0.2, 0) is 19.3 Å². The molecule has 1 N–H and O–H groups in total. The van der Waals surface area contributed by atoms with Gasteiger partial charge in [-0.2, -0.15) is 0 Å². The molecule has 0 bridgehead atoms. The molecule has 0 atom stereocenters. The maximum Gasteiger partial charge on any atom is 0.0494 e. The number of nitrogens with zero attached hydrogens (tertiary/aromatic N) is 1. The lowest BCUT2D eigenvalue weighted by Gasteiger charge is -2.18. The Kier molecular flexibility index (Phi) is 9.89. The van der Waals surface area contributed by atoms with Gasteiger partial charge in [-0.15, -0.1) is 0 Å². The van der Waals surface area contributed by atoms with Crippen LogP contribution in [0.25, 0.3) is 10.9 Å². The summed E-state index contributed by atoms with van der Waals surface area (Å²) >= 11 is 0. The molecule has 0 radical (unpaired) electrons. The topological polar surface area (TPSA) is 19.0 Å². The summed E-state index contributed by atoms with van der Waals surface area (Å²) in [5.74, 6) is 0. The minimum absolute atomic E-state index is 1.10. The van der Waals surface area contributed by atoms with Crippen LogP contribution in [0.4, 0.5) is 0 Å². The Hall–Kier alpha value is -1.28. The van der Waals surface area contributed by atoms with Crippen molar-refractivity contribution in [3.05, 3.63) is 34.5 Å². The van der Waals surface area contributed by atoms with E-state index < -0.39 is 0 Å². The fraction of sp³-hybridized carbons (Fsp3) is 0.652. The van der Waals surface area contributed by atoms with E-state index in [0.717, 1.165) is 32.5 Å². The Morgan fingerprint density at radius 3 is 2.00 bits per heavy atom. The van der Waals surface area contributed by atoms with Crippen LogP contribution >= 0.6 is 0 Å². The van der Waals surface area contributed by atoms with Gasteiger partial charge in [0.2, 0.25) is 0 Å². The summed E-state index contributed by atoms with van der Waals surface area (Å²) in [6.07, 6.45) is 5.88. The zero-order chi connectivity index (χ0) is 18.8. The van der Waals surface area contributed by atoms with Crippen molar-refractivity contribution in [2.75, 3.05) is 19.6 Å². The second-order valence-electron chi connectivity index (χ2n) is 6.95. The molecule has 0 amide bonds. The first-order valence-corrected chi connectivity index (χ1v) is 10.4. The van der Waals surface area contributed by atoms with Crippen LogP contribution in [0.1, 0.15) is 76.8 Å². The monoisotopic (exact) mass is 344 g/mol. The summed E-state index contributed by atoms with van der Waals surface area (Å²) in [5, 5.41) is 1.52. The molecule has 2 aromatic rings. The largest absolute Gasteiger partial charge is 0.358 e. The molecule has 2 rings (SSSR count). The fourth-order valence-corrected chi connectivity index (χ4v) is 3.52. The van der Waals surface area contributed by atoms with Crippen LogP contribution in [0, 0.1) is 6.92 Å². The zero-order valence-corrected chi connectivity index (χ0v) is 17.8. The molecule has 2 heteroatoms. The van der Waals surface area contributed by atoms with Gasteiger partial charge in [0.05, 0.1) is 0 Å². The summed E-state index contributed by atoms with van der Waals surface area (Å²) in [6, 6.07) is 4.68. The second kappa shape index (κ2) is 11.4. The highest BCUT2D eigenvalue weighted by Gasteiger charge is 2.15. The van der Waals surface area contributed by atoms with E-state index in [2.05, 4.69) is 70.5 Å². The molecule has 0 spiro atoms. The number of aromatic nitrogens is 1. The van der Waals surface area contributed by atoms with Gasteiger partial charge in [-0.25, -0.2) is 0 Å². The molecule has 0 saturated heterocycles. The molecular formula is C23H40N2. The lowest BCUT2D eigenvalue weighted by molar-refractivity contribution is 0.308. The van der Waals surface area contributed by atoms with E-state index >= 15 is 0 Å². The molecule has 25 heavy (non-hydrogen) atoms. The van der Waals surface area contributed by atoms with E-state index in [0.29, 0.717) is 0 Å². The van der Waals surface area contributed by atoms with Crippen molar-refractivity contribution in [1.82, 2.24) is 9.88 Å². The molecule has 142 valence electrons. The number of H-pyrrole nitrogens is 1. The summed E-state index contributed by atoms with van der Waals surface area (Å²) in [7, 11) is 0. The smallest absolute Gasteiger partial charge is 0.0494 e. The van der Waals surface area contributed by atoms with Crippen LogP contribution in [0.5, 0.6) is 0 Å². The Morgan fingerprint density at radius 2 is 1.48 bits per heavy atom. The average Bonchev–Trinajstić information content (AvgIpc) is 2.94. The van der Waals surface area contributed by atoms with Crippen molar-refractivity contribution in [3.8, 4) is 0 Å². The van der Waals surface area contributed by atoms with Crippen molar-refractivity contribution in [2.24, 2.45) is 0 Å². The van der Waals surface area contributed by atoms with E-state index in [1.54, 1.807) is 5.56 Å². The Bertz CT molecular complexity index is 621. The van der Waals surface area contributed by atoms with E-state index in [1.165, 1.54) is 47.0 Å². The third-order valence-corrected chi connectivity index (χ3v) is 4.92. The summed E-state index contributed by atoms with van der Waals surface area (Å²) in [6.45, 7) is 19.0. The molecule has 0 aliphatic rings. The SMILES string of the molecule is CCC.CCCc1ccc(CC)c2[nH]c(C)c(CCN(CC)CC)c12. The zero-order valence-electron chi connectivity index (χ0n) is 17.8. The van der Waals surface area contributed by atoms with Gasteiger partial charge in [-0.1, -0.05) is 66.5 Å². The quantitative estimate of drug-likeness (QED) is 0.596. The highest BCUT2D eigenvalue weighted by molar-refractivity contribution is 5.90. The highest BCUT2D eigenvalue weighted by Crippen LogP contribution is 2.30. The number of aryl methyl sites for hydroxylation is 3. The van der Waals surface area contributed by atoms with E-state index in [1.807, 2.05) is 0 Å². The number of aromatic amines is 1. The van der Waals surface area contributed by atoms with Gasteiger partial charge >= 0.3 is 0 Å². The first kappa shape index (κ1) is 21.8. The first-order valence-electron chi connectivity index (χ1n) is 10.4. The second-order valence-corrected chi connectivity index (χ2v) is 6.95. The number of rotatable bonds is 8. The van der Waals surface area contributed by atoms with Crippen LogP contribution in [-0.4, -0.2) is 29.5 Å². The first-order chi connectivity index (χ1) is 12.1. The molecule has 1 heterocycles. The predicted molar refractivity (Wildman–Crippen MR) is 114 cm³/mol. The predicted octanol–water partition coefficient (Wildman–Crippen LogP) is 6.29. The van der Waals surface area contributed by atoms with Crippen molar-refractivity contribution >= 4 is 10.9 Å². The van der Waals surface area contributed by atoms with Gasteiger partial charge in [0.25, 0.3) is 0 Å². The summed E-state index contributed by atoms with van der Waals surface area (Å²) < 4.78 is 0. The summed E-state index contributed by atoms with van der Waals surface area (Å²) in [4.78, 5) is 6.20. The molecule has 1 aromatic carbocycles. The van der Waals surface area contributed by atoms with Gasteiger partial charge in [0.15, 0.2) is 0 Å². The number of benzene rings is 1. The number of likely N-dealkylation sites (N-methyl/N-ethyl adjacent to an activating group) is 1. The van der Waals surface area contributed by atoms with Crippen molar-refractivity contribution in [1.29, 1.82) is 0 Å². The molecule has 0 saturated carbocycles. The van der Waals surface area contributed by atoms with Crippen LogP contribution in [0.3, 0.4) is 0 Å². The number of hydrogen-bond acceptors (Lipinski definition) is 1. The lowest BCUT2D eigenvalue weighted by Crippen LogP contribution is -2.25. The fourth-order valence-electron chi connectivity index (χ4n) is 3.52. The Morgan fingerprint density at radius 1 is 0.880 bits per heavy atom. The number of hydrogen-bond donors (Lipinski definition) is 1. The normalized spacial score (nSPS) is 11.0. The Labute approximate surface area is 156 Å². The molecule has 1 aromatic heterocycles. The van der Waals surface area contributed by atoms with Gasteiger partial charge in [0.1, 0.15) is 0 Å². The molecule has 2 nitrogen and oxygen atoms in total. The molecular weight excluding hydrogens is 304 g/mol. The average molecular weight is 345 g/mol. The third-order valence-electron chi connectivity index (χ3n) is 4.92.